The average Bonchev–Trinajstić information content (AvgIpc) is 2.06. The van der Waals surface area contributed by atoms with Gasteiger partial charge in [0.05, 0.1) is 4.32 Å². The highest BCUT2D eigenvalue weighted by Gasteiger charge is 2.37. The van der Waals surface area contributed by atoms with Crippen LogP contribution < -0.4 is 0 Å². The molecule has 0 saturated carbocycles. The molecule has 0 aromatic rings. The van der Waals surface area contributed by atoms with Crippen LogP contribution in [0.3, 0.4) is 0 Å². The Morgan fingerprint density at radius 1 is 0.909 bits per heavy atom. The summed E-state index contributed by atoms with van der Waals surface area (Å²) >= 11 is 17.5. The molecule has 0 fully saturated rings. The maximum Gasteiger partial charge on any atom is 0.0878 e. The third-order valence-corrected chi connectivity index (χ3v) is 8.82. The first-order valence-corrected chi connectivity index (χ1v) is 6.66. The van der Waals surface area contributed by atoms with Gasteiger partial charge >= 0.3 is 0 Å². The second-order valence-corrected chi connectivity index (χ2v) is 7.02. The monoisotopic (exact) mass is 470 g/mol. The van der Waals surface area contributed by atoms with Crippen LogP contribution in [0.4, 0.5) is 0 Å². The summed E-state index contributed by atoms with van der Waals surface area (Å²) in [4.78, 5) is 0. The number of hydrogen-bond acceptors (Lipinski definition) is 0. The van der Waals surface area contributed by atoms with E-state index in [0.29, 0.717) is 0 Å². The van der Waals surface area contributed by atoms with Gasteiger partial charge < -0.3 is 0 Å². The Morgan fingerprint density at radius 2 is 1.18 bits per heavy atom. The van der Waals surface area contributed by atoms with Gasteiger partial charge in [0.25, 0.3) is 0 Å². The minimum Gasteiger partial charge on any atom is -0.0739 e. The number of alkyl halides is 1. The van der Waals surface area contributed by atoms with E-state index in [1.807, 2.05) is 0 Å². The summed E-state index contributed by atoms with van der Waals surface area (Å²) in [5.74, 6) is 0. The Bertz CT molecular complexity index is 234. The predicted octanol–water partition coefficient (Wildman–Crippen LogP) is 5.16. The molecular formula is C6H3Br5. The Hall–Kier alpha value is 1.88. The lowest BCUT2D eigenvalue weighted by atomic mass is 10.2. The van der Waals surface area contributed by atoms with Crippen molar-refractivity contribution in [3.8, 4) is 0 Å². The van der Waals surface area contributed by atoms with Crippen LogP contribution in [0.1, 0.15) is 6.92 Å². The van der Waals surface area contributed by atoms with Crippen molar-refractivity contribution in [3.63, 3.8) is 0 Å². The lowest BCUT2D eigenvalue weighted by Gasteiger charge is -2.16. The summed E-state index contributed by atoms with van der Waals surface area (Å²) in [7, 11) is 0. The molecule has 0 bridgehead atoms. The van der Waals surface area contributed by atoms with Crippen molar-refractivity contribution in [2.24, 2.45) is 0 Å². The van der Waals surface area contributed by atoms with Crippen molar-refractivity contribution >= 4 is 79.6 Å². The minimum atomic E-state index is -0.134. The van der Waals surface area contributed by atoms with Crippen LogP contribution in [0.2, 0.25) is 0 Å². The van der Waals surface area contributed by atoms with Crippen LogP contribution in [0, 0.1) is 0 Å². The van der Waals surface area contributed by atoms with Gasteiger partial charge in [-0.15, -0.1) is 0 Å². The van der Waals surface area contributed by atoms with E-state index in [2.05, 4.69) is 86.6 Å². The summed E-state index contributed by atoms with van der Waals surface area (Å²) in [5, 5.41) is 0. The first-order valence-electron chi connectivity index (χ1n) is 2.69. The van der Waals surface area contributed by atoms with Crippen molar-refractivity contribution in [1.29, 1.82) is 0 Å². The third kappa shape index (κ3) is 1.73. The van der Waals surface area contributed by atoms with Crippen LogP contribution in [0.5, 0.6) is 0 Å². The topological polar surface area (TPSA) is 0 Å². The first-order chi connectivity index (χ1) is 4.89. The number of hydrogen-bond donors (Lipinski definition) is 0. The van der Waals surface area contributed by atoms with E-state index in [-0.39, 0.29) is 4.32 Å². The molecular weight excluding hydrogens is 472 g/mol. The zero-order valence-corrected chi connectivity index (χ0v) is 13.3. The number of rotatable bonds is 0. The first kappa shape index (κ1) is 11.0. The standard InChI is InChI=1S/C6H3Br5/c1-6(11)4(9)2(7)3(8)5(6)10/h1H3. The fraction of sp³-hybridized carbons (Fsp3) is 0.333. The van der Waals surface area contributed by atoms with Crippen LogP contribution in [-0.2, 0) is 0 Å². The summed E-state index contributed by atoms with van der Waals surface area (Å²) in [6, 6.07) is 0. The highest BCUT2D eigenvalue weighted by atomic mass is 79.9. The zero-order valence-electron chi connectivity index (χ0n) is 5.39. The molecule has 0 amide bonds. The molecule has 0 aromatic carbocycles. The normalized spacial score (nSPS) is 23.5. The third-order valence-electron chi connectivity index (χ3n) is 1.40. The molecule has 1 rings (SSSR count). The fourth-order valence-electron chi connectivity index (χ4n) is 0.701. The average molecular weight is 475 g/mol. The Kier molecular flexibility index (Phi) is 3.54. The van der Waals surface area contributed by atoms with E-state index in [0.717, 1.165) is 17.9 Å². The van der Waals surface area contributed by atoms with E-state index in [4.69, 9.17) is 0 Å². The second-order valence-electron chi connectivity index (χ2n) is 2.26. The van der Waals surface area contributed by atoms with Crippen LogP contribution >= 0.6 is 79.6 Å². The van der Waals surface area contributed by atoms with Gasteiger partial charge in [-0.3, -0.25) is 0 Å². The van der Waals surface area contributed by atoms with Gasteiger partial charge in [-0.1, -0.05) is 47.8 Å². The molecule has 0 unspecified atom stereocenters. The SMILES string of the molecule is CC1(Br)C(Br)=C(Br)C(Br)=C1Br. The zero-order chi connectivity index (χ0) is 8.81. The van der Waals surface area contributed by atoms with Crippen molar-refractivity contribution in [3.05, 3.63) is 17.9 Å². The van der Waals surface area contributed by atoms with Crippen LogP contribution in [0.25, 0.3) is 0 Å². The summed E-state index contributed by atoms with van der Waals surface area (Å²) < 4.78 is 4.13. The largest absolute Gasteiger partial charge is 0.0878 e. The van der Waals surface area contributed by atoms with E-state index >= 15 is 0 Å². The van der Waals surface area contributed by atoms with Gasteiger partial charge in [0, 0.05) is 17.9 Å². The van der Waals surface area contributed by atoms with Crippen molar-refractivity contribution < 1.29 is 0 Å². The lowest BCUT2D eigenvalue weighted by molar-refractivity contribution is 1.03. The molecule has 1 aliphatic carbocycles. The Morgan fingerprint density at radius 3 is 1.27 bits per heavy atom. The van der Waals surface area contributed by atoms with E-state index in [1.165, 1.54) is 0 Å². The molecule has 0 spiro atoms. The molecule has 0 atom stereocenters. The maximum atomic E-state index is 3.58. The van der Waals surface area contributed by atoms with E-state index in [9.17, 15) is 0 Å². The summed E-state index contributed by atoms with van der Waals surface area (Å²) in [5.41, 5.74) is 0. The molecule has 0 N–H and O–H groups in total. The summed E-state index contributed by atoms with van der Waals surface area (Å²) in [6.07, 6.45) is 0. The van der Waals surface area contributed by atoms with E-state index in [1.54, 1.807) is 0 Å². The number of allylic oxidation sites excluding steroid dienone is 4. The molecule has 0 aromatic heterocycles. The fourth-order valence-corrected chi connectivity index (χ4v) is 4.41. The lowest BCUT2D eigenvalue weighted by Crippen LogP contribution is -2.12. The van der Waals surface area contributed by atoms with Gasteiger partial charge in [0.1, 0.15) is 0 Å². The quantitative estimate of drug-likeness (QED) is 0.426. The molecule has 0 aliphatic heterocycles. The highest BCUT2D eigenvalue weighted by Crippen LogP contribution is 2.54. The number of halogens is 5. The molecule has 11 heavy (non-hydrogen) atoms. The van der Waals surface area contributed by atoms with Crippen LogP contribution in [-0.4, -0.2) is 4.32 Å². The summed E-state index contributed by atoms with van der Waals surface area (Å²) in [6.45, 7) is 2.07. The smallest absolute Gasteiger partial charge is 0.0739 e. The molecule has 5 heteroatoms. The molecule has 62 valence electrons. The van der Waals surface area contributed by atoms with Gasteiger partial charge in [0.2, 0.25) is 0 Å². The predicted molar refractivity (Wildman–Crippen MR) is 67.1 cm³/mol. The van der Waals surface area contributed by atoms with Gasteiger partial charge in [-0.2, -0.15) is 0 Å². The Labute approximate surface area is 108 Å². The van der Waals surface area contributed by atoms with E-state index < -0.39 is 0 Å². The molecule has 0 saturated heterocycles. The van der Waals surface area contributed by atoms with Gasteiger partial charge in [-0.25, -0.2) is 0 Å². The van der Waals surface area contributed by atoms with Gasteiger partial charge in [-0.05, 0) is 38.8 Å². The molecule has 1 aliphatic rings. The Balaban J connectivity index is 3.27. The maximum absolute atomic E-state index is 3.58. The van der Waals surface area contributed by atoms with Crippen molar-refractivity contribution in [1.82, 2.24) is 0 Å². The van der Waals surface area contributed by atoms with Crippen LogP contribution in [0.15, 0.2) is 17.9 Å². The molecule has 0 nitrogen and oxygen atoms in total. The minimum absolute atomic E-state index is 0.134. The van der Waals surface area contributed by atoms with Crippen molar-refractivity contribution in [2.75, 3.05) is 0 Å². The van der Waals surface area contributed by atoms with Gasteiger partial charge in [0.15, 0.2) is 0 Å². The highest BCUT2D eigenvalue weighted by molar-refractivity contribution is 9.18. The van der Waals surface area contributed by atoms with Crippen molar-refractivity contribution in [2.45, 2.75) is 11.2 Å². The molecule has 0 heterocycles. The molecule has 0 radical (unpaired) electrons. The second kappa shape index (κ2) is 3.56.